The van der Waals surface area contributed by atoms with Gasteiger partial charge in [-0.2, -0.15) is 0 Å². The number of halogens is 2. The fourth-order valence-electron chi connectivity index (χ4n) is 2.64. The molecular weight excluding hydrogens is 250 g/mol. The van der Waals surface area contributed by atoms with Crippen LogP contribution < -0.4 is 5.73 Å². The quantitative estimate of drug-likeness (QED) is 0.914. The van der Waals surface area contributed by atoms with E-state index in [0.717, 1.165) is 6.07 Å². The lowest BCUT2D eigenvalue weighted by atomic mass is 9.95. The van der Waals surface area contributed by atoms with Crippen molar-refractivity contribution >= 4 is 0 Å². The van der Waals surface area contributed by atoms with Crippen LogP contribution in [0.4, 0.5) is 8.78 Å². The van der Waals surface area contributed by atoms with E-state index in [1.165, 1.54) is 12.1 Å². The Hall–Kier alpha value is -1.04. The van der Waals surface area contributed by atoms with E-state index in [4.69, 9.17) is 10.5 Å². The molecule has 1 aliphatic rings. The minimum absolute atomic E-state index is 0.219. The van der Waals surface area contributed by atoms with Crippen LogP contribution >= 0.6 is 0 Å². The van der Waals surface area contributed by atoms with Crippen molar-refractivity contribution in [3.63, 3.8) is 0 Å². The van der Waals surface area contributed by atoms with Gasteiger partial charge in [-0.15, -0.1) is 0 Å². The largest absolute Gasteiger partial charge is 0.378 e. The van der Waals surface area contributed by atoms with Gasteiger partial charge in [-0.3, -0.25) is 4.90 Å². The maximum Gasteiger partial charge on any atom is 0.130 e. The third-order valence-electron chi connectivity index (χ3n) is 3.63. The first-order valence-electron chi connectivity index (χ1n) is 6.45. The fraction of sp³-hybridized carbons (Fsp3) is 0.571. The SMILES string of the molecule is CC1(C)COCCN1C(CN)c1ccc(F)cc1F. The molecule has 106 valence electrons. The first kappa shape index (κ1) is 14.4. The number of morpholine rings is 1. The molecule has 0 spiro atoms. The van der Waals surface area contributed by atoms with Gasteiger partial charge in [-0.05, 0) is 19.9 Å². The molecule has 0 bridgehead atoms. The minimum Gasteiger partial charge on any atom is -0.378 e. The Kier molecular flexibility index (Phi) is 4.18. The number of nitrogens with two attached hydrogens (primary N) is 1. The van der Waals surface area contributed by atoms with Crippen LogP contribution in [0.5, 0.6) is 0 Å². The summed E-state index contributed by atoms with van der Waals surface area (Å²) in [5.41, 5.74) is 6.05. The van der Waals surface area contributed by atoms with E-state index < -0.39 is 11.6 Å². The van der Waals surface area contributed by atoms with Crippen molar-refractivity contribution in [2.75, 3.05) is 26.3 Å². The van der Waals surface area contributed by atoms with E-state index in [1.54, 1.807) is 0 Å². The molecule has 0 aromatic heterocycles. The highest BCUT2D eigenvalue weighted by Crippen LogP contribution is 2.31. The van der Waals surface area contributed by atoms with E-state index in [2.05, 4.69) is 4.90 Å². The molecule has 3 nitrogen and oxygen atoms in total. The predicted octanol–water partition coefficient (Wildman–Crippen LogP) is 2.08. The molecule has 2 rings (SSSR count). The summed E-state index contributed by atoms with van der Waals surface area (Å²) >= 11 is 0. The highest BCUT2D eigenvalue weighted by Gasteiger charge is 2.36. The molecule has 0 radical (unpaired) electrons. The predicted molar refractivity (Wildman–Crippen MR) is 69.8 cm³/mol. The topological polar surface area (TPSA) is 38.5 Å². The van der Waals surface area contributed by atoms with Crippen LogP contribution in [-0.2, 0) is 4.74 Å². The lowest BCUT2D eigenvalue weighted by Gasteiger charge is -2.46. The number of rotatable bonds is 3. The van der Waals surface area contributed by atoms with Crippen LogP contribution in [0.1, 0.15) is 25.5 Å². The molecule has 1 fully saturated rings. The van der Waals surface area contributed by atoms with Crippen molar-refractivity contribution in [1.82, 2.24) is 4.90 Å². The Morgan fingerprint density at radius 1 is 1.42 bits per heavy atom. The Bertz CT molecular complexity index is 451. The molecule has 0 amide bonds. The minimum atomic E-state index is -0.571. The zero-order valence-corrected chi connectivity index (χ0v) is 11.3. The van der Waals surface area contributed by atoms with Crippen LogP contribution in [-0.4, -0.2) is 36.7 Å². The zero-order chi connectivity index (χ0) is 14.0. The number of hydrogen-bond donors (Lipinski definition) is 1. The summed E-state index contributed by atoms with van der Waals surface area (Å²) in [6.45, 7) is 6.22. The highest BCUT2D eigenvalue weighted by molar-refractivity contribution is 5.23. The fourth-order valence-corrected chi connectivity index (χ4v) is 2.64. The van der Waals surface area contributed by atoms with Crippen LogP contribution in [0.15, 0.2) is 18.2 Å². The second-order valence-electron chi connectivity index (χ2n) is 5.48. The molecule has 1 atom stereocenters. The lowest BCUT2D eigenvalue weighted by Crippen LogP contribution is -2.55. The second kappa shape index (κ2) is 5.53. The third kappa shape index (κ3) is 2.94. The Morgan fingerprint density at radius 3 is 2.74 bits per heavy atom. The second-order valence-corrected chi connectivity index (χ2v) is 5.48. The monoisotopic (exact) mass is 270 g/mol. The number of benzene rings is 1. The van der Waals surface area contributed by atoms with Gasteiger partial charge in [0.05, 0.1) is 19.3 Å². The first-order valence-corrected chi connectivity index (χ1v) is 6.45. The summed E-state index contributed by atoms with van der Waals surface area (Å²) in [5.74, 6) is -1.11. The molecule has 5 heteroatoms. The zero-order valence-electron chi connectivity index (χ0n) is 11.3. The lowest BCUT2D eigenvalue weighted by molar-refractivity contribution is -0.0718. The smallest absolute Gasteiger partial charge is 0.130 e. The molecule has 1 aliphatic heterocycles. The number of nitrogens with zero attached hydrogens (tertiary/aromatic N) is 1. The van der Waals surface area contributed by atoms with Gasteiger partial charge in [0.25, 0.3) is 0 Å². The standard InChI is InChI=1S/C14H20F2N2O/c1-14(2)9-19-6-5-18(14)13(8-17)11-4-3-10(15)7-12(11)16/h3-4,7,13H,5-6,8-9,17H2,1-2H3. The summed E-state index contributed by atoms with van der Waals surface area (Å²) in [6.07, 6.45) is 0. The van der Waals surface area contributed by atoms with Crippen molar-refractivity contribution in [2.45, 2.75) is 25.4 Å². The molecule has 2 N–H and O–H groups in total. The van der Waals surface area contributed by atoms with Crippen molar-refractivity contribution in [3.8, 4) is 0 Å². The summed E-state index contributed by atoms with van der Waals surface area (Å²) in [5, 5.41) is 0. The van der Waals surface area contributed by atoms with Gasteiger partial charge < -0.3 is 10.5 Å². The maximum absolute atomic E-state index is 13.9. The molecule has 19 heavy (non-hydrogen) atoms. The van der Waals surface area contributed by atoms with E-state index >= 15 is 0 Å². The average molecular weight is 270 g/mol. The molecule has 1 saturated heterocycles. The summed E-state index contributed by atoms with van der Waals surface area (Å²) in [7, 11) is 0. The van der Waals surface area contributed by atoms with E-state index in [1.807, 2.05) is 13.8 Å². The molecular formula is C14H20F2N2O. The third-order valence-corrected chi connectivity index (χ3v) is 3.63. The Balaban J connectivity index is 2.33. The van der Waals surface area contributed by atoms with Crippen LogP contribution in [0.3, 0.4) is 0 Å². The summed E-state index contributed by atoms with van der Waals surface area (Å²) in [6, 6.07) is 3.40. The van der Waals surface area contributed by atoms with Gasteiger partial charge in [0, 0.05) is 30.3 Å². The van der Waals surface area contributed by atoms with Gasteiger partial charge in [0.2, 0.25) is 0 Å². The van der Waals surface area contributed by atoms with E-state index in [0.29, 0.717) is 25.3 Å². The molecule has 1 aromatic carbocycles. The first-order chi connectivity index (χ1) is 8.95. The summed E-state index contributed by atoms with van der Waals surface area (Å²) in [4.78, 5) is 2.13. The van der Waals surface area contributed by atoms with Crippen molar-refractivity contribution in [1.29, 1.82) is 0 Å². The van der Waals surface area contributed by atoms with Gasteiger partial charge in [-0.25, -0.2) is 8.78 Å². The Morgan fingerprint density at radius 2 is 2.16 bits per heavy atom. The number of hydrogen-bond acceptors (Lipinski definition) is 3. The highest BCUT2D eigenvalue weighted by atomic mass is 19.1. The van der Waals surface area contributed by atoms with Gasteiger partial charge in [0.15, 0.2) is 0 Å². The normalized spacial score (nSPS) is 21.3. The average Bonchev–Trinajstić information content (AvgIpc) is 2.34. The van der Waals surface area contributed by atoms with Crippen LogP contribution in [0, 0.1) is 11.6 Å². The van der Waals surface area contributed by atoms with Gasteiger partial charge >= 0.3 is 0 Å². The van der Waals surface area contributed by atoms with E-state index in [-0.39, 0.29) is 18.1 Å². The molecule has 0 saturated carbocycles. The van der Waals surface area contributed by atoms with Gasteiger partial charge in [0.1, 0.15) is 11.6 Å². The summed E-state index contributed by atoms with van der Waals surface area (Å²) < 4.78 is 32.4. The van der Waals surface area contributed by atoms with Crippen LogP contribution in [0.2, 0.25) is 0 Å². The van der Waals surface area contributed by atoms with Crippen molar-refractivity contribution < 1.29 is 13.5 Å². The van der Waals surface area contributed by atoms with Gasteiger partial charge in [-0.1, -0.05) is 6.07 Å². The van der Waals surface area contributed by atoms with Crippen molar-refractivity contribution in [3.05, 3.63) is 35.4 Å². The number of ether oxygens (including phenoxy) is 1. The molecule has 1 unspecified atom stereocenters. The molecule has 1 heterocycles. The maximum atomic E-state index is 13.9. The molecule has 0 aliphatic carbocycles. The van der Waals surface area contributed by atoms with Crippen LogP contribution in [0.25, 0.3) is 0 Å². The van der Waals surface area contributed by atoms with E-state index in [9.17, 15) is 8.78 Å². The Labute approximate surface area is 112 Å². The van der Waals surface area contributed by atoms with Crippen molar-refractivity contribution in [2.24, 2.45) is 5.73 Å². The molecule has 1 aromatic rings.